The Kier molecular flexibility index (Phi) is 2.77. The maximum Gasteiger partial charge on any atom is 0.332 e. The summed E-state index contributed by atoms with van der Waals surface area (Å²) in [6.45, 7) is 0. The maximum atomic E-state index is 10.5. The number of aliphatic hydroxyl groups is 1. The Hall–Kier alpha value is -0.570. The van der Waals surface area contributed by atoms with E-state index in [1.54, 1.807) is 0 Å². The Bertz CT molecular complexity index is 219. The van der Waals surface area contributed by atoms with E-state index in [1.807, 2.05) is 0 Å². The third kappa shape index (κ3) is 1.92. The number of aliphatic carboxylic acids is 1. The van der Waals surface area contributed by atoms with Crippen LogP contribution in [0.5, 0.6) is 0 Å². The van der Waals surface area contributed by atoms with Crippen molar-refractivity contribution >= 4 is 5.97 Å². The van der Waals surface area contributed by atoms with E-state index in [1.165, 1.54) is 25.7 Å². The van der Waals surface area contributed by atoms with Gasteiger partial charge in [0.1, 0.15) is 0 Å². The van der Waals surface area contributed by atoms with Gasteiger partial charge in [-0.25, -0.2) is 4.79 Å². The van der Waals surface area contributed by atoms with Gasteiger partial charge in [0.25, 0.3) is 0 Å². The summed E-state index contributed by atoms with van der Waals surface area (Å²) in [7, 11) is 0. The van der Waals surface area contributed by atoms with Gasteiger partial charge in [0.2, 0.25) is 0 Å². The average molecular weight is 198 g/mol. The highest BCUT2D eigenvalue weighted by Crippen LogP contribution is 2.46. The van der Waals surface area contributed by atoms with Crippen molar-refractivity contribution in [2.24, 2.45) is 17.8 Å². The van der Waals surface area contributed by atoms with Crippen molar-refractivity contribution in [3.63, 3.8) is 0 Å². The lowest BCUT2D eigenvalue weighted by Gasteiger charge is -2.42. The maximum absolute atomic E-state index is 10.5. The van der Waals surface area contributed by atoms with Crippen LogP contribution in [-0.2, 0) is 4.79 Å². The Morgan fingerprint density at radius 1 is 1.29 bits per heavy atom. The predicted octanol–water partition coefficient (Wildman–Crippen LogP) is 1.65. The Morgan fingerprint density at radius 2 is 1.93 bits per heavy atom. The second-order valence-corrected chi connectivity index (χ2v) is 4.87. The molecular formula is C11H18O3. The predicted molar refractivity (Wildman–Crippen MR) is 51.8 cm³/mol. The van der Waals surface area contributed by atoms with E-state index in [0.717, 1.165) is 12.3 Å². The van der Waals surface area contributed by atoms with Crippen molar-refractivity contribution in [3.8, 4) is 0 Å². The van der Waals surface area contributed by atoms with Crippen LogP contribution in [-0.4, -0.2) is 22.3 Å². The minimum Gasteiger partial charge on any atom is -0.479 e. The molecule has 3 fully saturated rings. The Morgan fingerprint density at radius 3 is 2.36 bits per heavy atom. The average Bonchev–Trinajstić information content (AvgIpc) is 2.19. The molecule has 0 amide bonds. The van der Waals surface area contributed by atoms with Crippen LogP contribution in [0.4, 0.5) is 0 Å². The van der Waals surface area contributed by atoms with E-state index in [2.05, 4.69) is 0 Å². The molecule has 3 rings (SSSR count). The molecule has 2 atom stereocenters. The summed E-state index contributed by atoms with van der Waals surface area (Å²) in [4.78, 5) is 10.5. The van der Waals surface area contributed by atoms with Gasteiger partial charge in [-0.05, 0) is 43.4 Å². The lowest BCUT2D eigenvalue weighted by molar-refractivity contribution is -0.148. The fourth-order valence-electron chi connectivity index (χ4n) is 3.19. The molecule has 3 aliphatic rings. The number of carboxylic acids is 1. The first-order valence-corrected chi connectivity index (χ1v) is 5.57. The van der Waals surface area contributed by atoms with Gasteiger partial charge in [-0.3, -0.25) is 0 Å². The molecule has 14 heavy (non-hydrogen) atoms. The first-order chi connectivity index (χ1) is 6.66. The van der Waals surface area contributed by atoms with Crippen molar-refractivity contribution in [1.29, 1.82) is 0 Å². The lowest BCUT2D eigenvalue weighted by atomic mass is 9.63. The summed E-state index contributed by atoms with van der Waals surface area (Å²) in [6, 6.07) is 0. The monoisotopic (exact) mass is 198 g/mol. The van der Waals surface area contributed by atoms with Crippen molar-refractivity contribution in [1.82, 2.24) is 0 Å². The van der Waals surface area contributed by atoms with Crippen molar-refractivity contribution in [3.05, 3.63) is 0 Å². The fourth-order valence-corrected chi connectivity index (χ4v) is 3.19. The van der Waals surface area contributed by atoms with Crippen LogP contribution in [0.15, 0.2) is 0 Å². The molecule has 3 aliphatic carbocycles. The molecule has 0 radical (unpaired) electrons. The number of fused-ring (bicyclic) bond motifs is 3. The molecular weight excluding hydrogens is 180 g/mol. The van der Waals surface area contributed by atoms with Gasteiger partial charge in [-0.1, -0.05) is 12.8 Å². The molecule has 0 saturated heterocycles. The quantitative estimate of drug-likeness (QED) is 0.725. The molecule has 0 heterocycles. The number of carboxylic acid groups (broad SMARTS) is 1. The van der Waals surface area contributed by atoms with Crippen LogP contribution >= 0.6 is 0 Å². The summed E-state index contributed by atoms with van der Waals surface area (Å²) < 4.78 is 0. The molecule has 0 aliphatic heterocycles. The zero-order valence-electron chi connectivity index (χ0n) is 8.35. The molecule has 3 saturated carbocycles. The lowest BCUT2D eigenvalue weighted by Crippen LogP contribution is -2.35. The topological polar surface area (TPSA) is 57.5 Å². The smallest absolute Gasteiger partial charge is 0.332 e. The summed E-state index contributed by atoms with van der Waals surface area (Å²) in [5.41, 5.74) is 0. The van der Waals surface area contributed by atoms with Gasteiger partial charge in [0.05, 0.1) is 0 Å². The molecule has 2 unspecified atom stereocenters. The second kappa shape index (κ2) is 3.89. The van der Waals surface area contributed by atoms with Gasteiger partial charge in [0.15, 0.2) is 6.10 Å². The molecule has 0 aromatic carbocycles. The number of hydrogen-bond acceptors (Lipinski definition) is 2. The number of hydrogen-bond donors (Lipinski definition) is 2. The van der Waals surface area contributed by atoms with Gasteiger partial charge in [-0.2, -0.15) is 0 Å². The minimum atomic E-state index is -1.14. The van der Waals surface area contributed by atoms with E-state index in [4.69, 9.17) is 5.11 Å². The van der Waals surface area contributed by atoms with Crippen LogP contribution in [0.1, 0.15) is 38.5 Å². The Labute approximate surface area is 84.1 Å². The van der Waals surface area contributed by atoms with E-state index < -0.39 is 12.1 Å². The van der Waals surface area contributed by atoms with Crippen LogP contribution in [0.25, 0.3) is 0 Å². The van der Waals surface area contributed by atoms with Crippen LogP contribution in [0, 0.1) is 17.8 Å². The van der Waals surface area contributed by atoms with E-state index >= 15 is 0 Å². The molecule has 3 nitrogen and oxygen atoms in total. The zero-order valence-corrected chi connectivity index (χ0v) is 8.35. The number of rotatable bonds is 3. The highest BCUT2D eigenvalue weighted by molar-refractivity contribution is 5.71. The molecule has 3 heteroatoms. The van der Waals surface area contributed by atoms with Crippen LogP contribution < -0.4 is 0 Å². The first-order valence-electron chi connectivity index (χ1n) is 5.57. The first kappa shape index (κ1) is 9.97. The van der Waals surface area contributed by atoms with Gasteiger partial charge < -0.3 is 10.2 Å². The third-order valence-corrected chi connectivity index (χ3v) is 4.01. The largest absolute Gasteiger partial charge is 0.479 e. The SMILES string of the molecule is O=C(O)C(O)CC1CC2CCC1CC2. The molecule has 2 N–H and O–H groups in total. The number of aliphatic hydroxyl groups excluding tert-OH is 1. The molecule has 0 spiro atoms. The van der Waals surface area contributed by atoms with Crippen LogP contribution in [0.2, 0.25) is 0 Å². The highest BCUT2D eigenvalue weighted by Gasteiger charge is 2.37. The third-order valence-electron chi connectivity index (χ3n) is 4.01. The zero-order chi connectivity index (χ0) is 10.1. The standard InChI is InChI=1S/C11H18O3/c12-10(11(13)14)6-9-5-7-1-3-8(9)4-2-7/h7-10,12H,1-6H2,(H,13,14). The summed E-state index contributed by atoms with van der Waals surface area (Å²) in [6.07, 6.45) is 5.63. The summed E-state index contributed by atoms with van der Waals surface area (Å²) in [5.74, 6) is 0.903. The summed E-state index contributed by atoms with van der Waals surface area (Å²) in [5, 5.41) is 17.9. The minimum absolute atomic E-state index is 0.466. The van der Waals surface area contributed by atoms with Gasteiger partial charge in [-0.15, -0.1) is 0 Å². The van der Waals surface area contributed by atoms with Gasteiger partial charge in [0, 0.05) is 0 Å². The van der Waals surface area contributed by atoms with E-state index in [-0.39, 0.29) is 0 Å². The molecule has 80 valence electrons. The van der Waals surface area contributed by atoms with Crippen molar-refractivity contribution < 1.29 is 15.0 Å². The highest BCUT2D eigenvalue weighted by atomic mass is 16.4. The number of carbonyl (C=O) groups is 1. The van der Waals surface area contributed by atoms with Crippen molar-refractivity contribution in [2.75, 3.05) is 0 Å². The molecule has 2 bridgehead atoms. The van der Waals surface area contributed by atoms with Gasteiger partial charge >= 0.3 is 5.97 Å². The van der Waals surface area contributed by atoms with Crippen LogP contribution in [0.3, 0.4) is 0 Å². The second-order valence-electron chi connectivity index (χ2n) is 4.87. The van der Waals surface area contributed by atoms with Crippen molar-refractivity contribution in [2.45, 2.75) is 44.6 Å². The fraction of sp³-hybridized carbons (Fsp3) is 0.909. The molecule has 0 aromatic heterocycles. The summed E-state index contributed by atoms with van der Waals surface area (Å²) >= 11 is 0. The Balaban J connectivity index is 1.89. The normalized spacial score (nSPS) is 38.2. The van der Waals surface area contributed by atoms with E-state index in [0.29, 0.717) is 18.3 Å². The van der Waals surface area contributed by atoms with E-state index in [9.17, 15) is 9.90 Å². The molecule has 0 aromatic rings.